The Bertz CT molecular complexity index is 1530. The first kappa shape index (κ1) is 32.9. The van der Waals surface area contributed by atoms with E-state index in [-0.39, 0.29) is 18.5 Å². The van der Waals surface area contributed by atoms with Crippen LogP contribution in [0.2, 0.25) is 0 Å². The van der Waals surface area contributed by atoms with Crippen molar-refractivity contribution >= 4 is 35.1 Å². The molecule has 11 nitrogen and oxygen atoms in total. The van der Waals surface area contributed by atoms with Gasteiger partial charge in [0.2, 0.25) is 0 Å². The lowest BCUT2D eigenvalue weighted by molar-refractivity contribution is 0.0635. The van der Waals surface area contributed by atoms with Gasteiger partial charge in [0.05, 0.1) is 11.4 Å². The maximum absolute atomic E-state index is 13.5. The largest absolute Gasteiger partial charge is 0.486 e. The minimum absolute atomic E-state index is 0.285. The van der Waals surface area contributed by atoms with Gasteiger partial charge in [-0.15, -0.1) is 0 Å². The van der Waals surface area contributed by atoms with Gasteiger partial charge in [-0.1, -0.05) is 30.8 Å². The van der Waals surface area contributed by atoms with Gasteiger partial charge in [-0.05, 0) is 82.4 Å². The number of hydrogen-bond acceptors (Lipinski definition) is 7. The summed E-state index contributed by atoms with van der Waals surface area (Å²) >= 11 is 0. The van der Waals surface area contributed by atoms with Crippen molar-refractivity contribution < 1.29 is 28.6 Å². The monoisotopic (exact) mass is 615 g/mol. The number of ether oxygens (including phenoxy) is 3. The van der Waals surface area contributed by atoms with E-state index in [4.69, 9.17) is 14.2 Å². The second-order valence-electron chi connectivity index (χ2n) is 12.0. The molecule has 0 saturated carbocycles. The number of carbonyl (C=O) groups excluding carboxylic acids is 3. The van der Waals surface area contributed by atoms with Crippen LogP contribution in [-0.4, -0.2) is 73.8 Å². The van der Waals surface area contributed by atoms with Crippen molar-refractivity contribution in [2.24, 2.45) is 0 Å². The van der Waals surface area contributed by atoms with Crippen molar-refractivity contribution in [3.63, 3.8) is 0 Å². The maximum Gasteiger partial charge on any atom is 0.412 e. The molecule has 0 fully saturated rings. The fourth-order valence-electron chi connectivity index (χ4n) is 4.58. The van der Waals surface area contributed by atoms with Gasteiger partial charge in [-0.3, -0.25) is 10.1 Å². The number of nitrogens with one attached hydrogen (secondary N) is 3. The number of amides is 4. The Hall–Kier alpha value is -5.03. The molecular formula is C34H41N5O6. The average molecular weight is 616 g/mol. The van der Waals surface area contributed by atoms with Crippen LogP contribution in [-0.2, 0) is 11.3 Å². The molecule has 0 radical (unpaired) electrons. The lowest BCUT2D eigenvalue weighted by Gasteiger charge is -2.26. The highest BCUT2D eigenvalue weighted by molar-refractivity contribution is 6.06. The number of carbonyl (C=O) groups is 3. The van der Waals surface area contributed by atoms with E-state index in [1.165, 1.54) is 0 Å². The number of likely N-dealkylation sites (N-methyl/N-ethyl adjacent to an activating group) is 1. The van der Waals surface area contributed by atoms with Crippen molar-refractivity contribution in [1.82, 2.24) is 9.80 Å². The van der Waals surface area contributed by atoms with Crippen molar-refractivity contribution in [2.45, 2.75) is 32.9 Å². The normalized spacial score (nSPS) is 12.2. The fourth-order valence-corrected chi connectivity index (χ4v) is 4.58. The van der Waals surface area contributed by atoms with Crippen LogP contribution >= 0.6 is 0 Å². The van der Waals surface area contributed by atoms with Crippen LogP contribution < -0.4 is 25.4 Å². The lowest BCUT2D eigenvalue weighted by atomic mass is 10.1. The van der Waals surface area contributed by atoms with Crippen molar-refractivity contribution in [1.29, 1.82) is 0 Å². The Labute approximate surface area is 264 Å². The van der Waals surface area contributed by atoms with Gasteiger partial charge in [0.25, 0.3) is 5.91 Å². The fraction of sp³-hybridized carbons (Fsp3) is 0.324. The van der Waals surface area contributed by atoms with E-state index in [1.54, 1.807) is 92.4 Å². The Balaban J connectivity index is 1.44. The van der Waals surface area contributed by atoms with Gasteiger partial charge < -0.3 is 34.6 Å². The second-order valence-corrected chi connectivity index (χ2v) is 12.0. The first-order valence-electron chi connectivity index (χ1n) is 14.6. The Kier molecular flexibility index (Phi) is 10.7. The second kappa shape index (κ2) is 14.6. The SMILES string of the molecule is C=C(CN(C)C)CN(Cc1ccc(C(=O)Nc2ccccc2NC(=O)OC(C)(C)C)cc1)C(=O)Nc1ccc2c(c1)OCCO2. The first-order chi connectivity index (χ1) is 21.4. The summed E-state index contributed by atoms with van der Waals surface area (Å²) in [5.74, 6) is 0.870. The van der Waals surface area contributed by atoms with E-state index in [0.29, 0.717) is 60.4 Å². The highest BCUT2D eigenvalue weighted by Gasteiger charge is 2.20. The average Bonchev–Trinajstić information content (AvgIpc) is 2.96. The van der Waals surface area contributed by atoms with E-state index >= 15 is 0 Å². The van der Waals surface area contributed by atoms with Crippen LogP contribution in [0.25, 0.3) is 0 Å². The van der Waals surface area contributed by atoms with Gasteiger partial charge in [-0.2, -0.15) is 0 Å². The van der Waals surface area contributed by atoms with Crippen LogP contribution in [0.15, 0.2) is 78.9 Å². The molecule has 3 aromatic carbocycles. The smallest absolute Gasteiger partial charge is 0.412 e. The van der Waals surface area contributed by atoms with Gasteiger partial charge >= 0.3 is 12.1 Å². The number of rotatable bonds is 10. The summed E-state index contributed by atoms with van der Waals surface area (Å²) < 4.78 is 16.6. The summed E-state index contributed by atoms with van der Waals surface area (Å²) in [6, 6.07) is 18.9. The molecule has 11 heteroatoms. The molecule has 3 aromatic rings. The number of para-hydroxylation sites is 2. The Morgan fingerprint density at radius 1 is 0.844 bits per heavy atom. The molecule has 0 aromatic heterocycles. The molecule has 1 aliphatic rings. The summed E-state index contributed by atoms with van der Waals surface area (Å²) in [6.45, 7) is 11.7. The molecule has 3 N–H and O–H groups in total. The van der Waals surface area contributed by atoms with Gasteiger partial charge in [0, 0.05) is 37.0 Å². The summed E-state index contributed by atoms with van der Waals surface area (Å²) in [6.07, 6.45) is -0.621. The van der Waals surface area contributed by atoms with Crippen LogP contribution in [0.5, 0.6) is 11.5 Å². The molecule has 0 bridgehead atoms. The third kappa shape index (κ3) is 10.0. The van der Waals surface area contributed by atoms with E-state index in [2.05, 4.69) is 22.5 Å². The van der Waals surface area contributed by atoms with Gasteiger partial charge in [0.1, 0.15) is 18.8 Å². The molecule has 238 valence electrons. The summed E-state index contributed by atoms with van der Waals surface area (Å²) in [4.78, 5) is 42.5. The quantitative estimate of drug-likeness (QED) is 0.232. The zero-order chi connectivity index (χ0) is 32.6. The summed E-state index contributed by atoms with van der Waals surface area (Å²) in [5, 5.41) is 8.48. The first-order valence-corrected chi connectivity index (χ1v) is 14.6. The van der Waals surface area contributed by atoms with Gasteiger partial charge in [0.15, 0.2) is 11.5 Å². The lowest BCUT2D eigenvalue weighted by Crippen LogP contribution is -2.37. The molecule has 0 saturated heterocycles. The van der Waals surface area contributed by atoms with Crippen LogP contribution in [0.3, 0.4) is 0 Å². The van der Waals surface area contributed by atoms with Crippen LogP contribution in [0, 0.1) is 0 Å². The topological polar surface area (TPSA) is 121 Å². The minimum atomic E-state index is -0.661. The number of fused-ring (bicyclic) bond motifs is 1. The molecule has 4 amide bonds. The number of anilines is 3. The van der Waals surface area contributed by atoms with E-state index < -0.39 is 11.7 Å². The standard InChI is InChI=1S/C34H41N5O6/c1-23(20-38(5)6)21-39(32(41)35-26-15-16-29-30(19-26)44-18-17-43-29)22-24-11-13-25(14-12-24)31(40)36-27-9-7-8-10-28(27)37-33(42)45-34(2,3)4/h7-16,19H,1,17-18,20-22H2,2-6H3,(H,35,41)(H,36,40)(H,37,42). The molecule has 0 atom stereocenters. The highest BCUT2D eigenvalue weighted by Crippen LogP contribution is 2.32. The van der Waals surface area contributed by atoms with E-state index in [9.17, 15) is 14.4 Å². The third-order valence-electron chi connectivity index (χ3n) is 6.44. The summed E-state index contributed by atoms with van der Waals surface area (Å²) in [7, 11) is 3.89. The Morgan fingerprint density at radius 3 is 2.13 bits per heavy atom. The highest BCUT2D eigenvalue weighted by atomic mass is 16.6. The van der Waals surface area contributed by atoms with Crippen LogP contribution in [0.1, 0.15) is 36.7 Å². The van der Waals surface area contributed by atoms with Crippen LogP contribution in [0.4, 0.5) is 26.7 Å². The number of benzene rings is 3. The molecular weight excluding hydrogens is 574 g/mol. The zero-order valence-electron chi connectivity index (χ0n) is 26.4. The predicted octanol–water partition coefficient (Wildman–Crippen LogP) is 6.21. The molecule has 4 rings (SSSR count). The molecule has 0 unspecified atom stereocenters. The van der Waals surface area contributed by atoms with Crippen molar-refractivity contribution in [2.75, 3.05) is 56.3 Å². The predicted molar refractivity (Wildman–Crippen MR) is 175 cm³/mol. The molecule has 1 aliphatic heterocycles. The van der Waals surface area contributed by atoms with Gasteiger partial charge in [-0.25, -0.2) is 9.59 Å². The zero-order valence-corrected chi connectivity index (χ0v) is 26.4. The number of urea groups is 1. The number of nitrogens with zero attached hydrogens (tertiary/aromatic N) is 2. The molecule has 0 aliphatic carbocycles. The summed E-state index contributed by atoms with van der Waals surface area (Å²) in [5.41, 5.74) is 2.87. The number of hydrogen-bond donors (Lipinski definition) is 3. The molecule has 45 heavy (non-hydrogen) atoms. The molecule has 1 heterocycles. The Morgan fingerprint density at radius 2 is 1.49 bits per heavy atom. The van der Waals surface area contributed by atoms with E-state index in [0.717, 1.165) is 11.1 Å². The van der Waals surface area contributed by atoms with Crippen molar-refractivity contribution in [3.05, 3.63) is 90.0 Å². The minimum Gasteiger partial charge on any atom is -0.486 e. The van der Waals surface area contributed by atoms with E-state index in [1.807, 2.05) is 19.0 Å². The van der Waals surface area contributed by atoms with Crippen molar-refractivity contribution in [3.8, 4) is 11.5 Å². The maximum atomic E-state index is 13.5. The molecule has 0 spiro atoms. The third-order valence-corrected chi connectivity index (χ3v) is 6.44.